The second-order valence-electron chi connectivity index (χ2n) is 5.00. The summed E-state index contributed by atoms with van der Waals surface area (Å²) in [5.41, 5.74) is 1.46. The van der Waals surface area contributed by atoms with Gasteiger partial charge >= 0.3 is 5.97 Å². The SMILES string of the molecule is CCC(C)C(=O)OC(C)C(=O)c1c[nH]c2ccccc12. The number of ketones is 1. The monoisotopic (exact) mass is 273 g/mol. The number of fused-ring (bicyclic) bond motifs is 1. The minimum absolute atomic E-state index is 0.181. The van der Waals surface area contributed by atoms with Crippen LogP contribution in [0.5, 0.6) is 0 Å². The number of para-hydroxylation sites is 1. The number of ether oxygens (including phenoxy) is 1. The van der Waals surface area contributed by atoms with E-state index in [0.717, 1.165) is 10.9 Å². The summed E-state index contributed by atoms with van der Waals surface area (Å²) in [6.45, 7) is 5.33. The average molecular weight is 273 g/mol. The number of carbonyl (C=O) groups is 2. The zero-order valence-corrected chi connectivity index (χ0v) is 12.0. The molecule has 4 nitrogen and oxygen atoms in total. The number of rotatable bonds is 5. The first-order valence-corrected chi connectivity index (χ1v) is 6.85. The summed E-state index contributed by atoms with van der Waals surface area (Å²) in [5, 5.41) is 0.851. The van der Waals surface area contributed by atoms with Crippen LogP contribution in [0.2, 0.25) is 0 Å². The zero-order valence-electron chi connectivity index (χ0n) is 12.0. The number of hydrogen-bond acceptors (Lipinski definition) is 3. The third kappa shape index (κ3) is 2.74. The fourth-order valence-electron chi connectivity index (χ4n) is 2.00. The standard InChI is InChI=1S/C16H19NO3/c1-4-10(2)16(19)20-11(3)15(18)13-9-17-14-8-6-5-7-12(13)14/h5-11,17H,4H2,1-3H3. The number of esters is 1. The van der Waals surface area contributed by atoms with E-state index in [1.54, 1.807) is 20.0 Å². The van der Waals surface area contributed by atoms with Crippen LogP contribution in [0.4, 0.5) is 0 Å². The first-order chi connectivity index (χ1) is 9.54. The number of Topliss-reactive ketones (excluding diaryl/α,β-unsaturated/α-hetero) is 1. The molecule has 0 radical (unpaired) electrons. The lowest BCUT2D eigenvalue weighted by molar-refractivity contribution is -0.150. The number of aromatic amines is 1. The molecule has 1 N–H and O–H groups in total. The van der Waals surface area contributed by atoms with E-state index in [1.165, 1.54) is 0 Å². The Hall–Kier alpha value is -2.10. The number of hydrogen-bond donors (Lipinski definition) is 1. The van der Waals surface area contributed by atoms with Crippen LogP contribution in [0.3, 0.4) is 0 Å². The molecule has 0 aliphatic heterocycles. The summed E-state index contributed by atoms with van der Waals surface area (Å²) in [6.07, 6.45) is 1.60. The number of H-pyrrole nitrogens is 1. The van der Waals surface area contributed by atoms with Gasteiger partial charge in [-0.05, 0) is 19.4 Å². The van der Waals surface area contributed by atoms with Crippen molar-refractivity contribution in [3.05, 3.63) is 36.0 Å². The van der Waals surface area contributed by atoms with E-state index in [0.29, 0.717) is 12.0 Å². The van der Waals surface area contributed by atoms with Crippen molar-refractivity contribution >= 4 is 22.7 Å². The van der Waals surface area contributed by atoms with Gasteiger partial charge in [0, 0.05) is 22.7 Å². The van der Waals surface area contributed by atoms with E-state index < -0.39 is 6.10 Å². The van der Waals surface area contributed by atoms with Crippen LogP contribution >= 0.6 is 0 Å². The number of aromatic nitrogens is 1. The highest BCUT2D eigenvalue weighted by atomic mass is 16.5. The van der Waals surface area contributed by atoms with Crippen molar-refractivity contribution in [3.8, 4) is 0 Å². The van der Waals surface area contributed by atoms with Crippen LogP contribution in [0, 0.1) is 5.92 Å². The maximum atomic E-state index is 12.4. The molecule has 0 saturated carbocycles. The molecule has 2 aromatic rings. The first-order valence-electron chi connectivity index (χ1n) is 6.85. The molecule has 20 heavy (non-hydrogen) atoms. The van der Waals surface area contributed by atoms with Gasteiger partial charge in [-0.25, -0.2) is 0 Å². The largest absolute Gasteiger partial charge is 0.454 e. The van der Waals surface area contributed by atoms with Crippen molar-refractivity contribution in [2.45, 2.75) is 33.3 Å². The quantitative estimate of drug-likeness (QED) is 0.671. The summed E-state index contributed by atoms with van der Waals surface area (Å²) < 4.78 is 5.24. The van der Waals surface area contributed by atoms with Crippen molar-refractivity contribution in [1.29, 1.82) is 0 Å². The molecule has 1 aromatic heterocycles. The van der Waals surface area contributed by atoms with Gasteiger partial charge in [0.25, 0.3) is 0 Å². The molecule has 2 atom stereocenters. The Balaban J connectivity index is 2.17. The topological polar surface area (TPSA) is 59.2 Å². The highest BCUT2D eigenvalue weighted by molar-refractivity contribution is 6.10. The fraction of sp³-hybridized carbons (Fsp3) is 0.375. The predicted molar refractivity (Wildman–Crippen MR) is 77.6 cm³/mol. The van der Waals surface area contributed by atoms with E-state index in [-0.39, 0.29) is 17.7 Å². The molecule has 0 saturated heterocycles. The molecule has 2 unspecified atom stereocenters. The van der Waals surface area contributed by atoms with Crippen LogP contribution < -0.4 is 0 Å². The molecule has 0 aliphatic carbocycles. The summed E-state index contributed by atoms with van der Waals surface area (Å²) in [5.74, 6) is -0.694. The Kier molecular flexibility index (Phi) is 4.23. The van der Waals surface area contributed by atoms with E-state index >= 15 is 0 Å². The van der Waals surface area contributed by atoms with Crippen molar-refractivity contribution in [1.82, 2.24) is 4.98 Å². The van der Waals surface area contributed by atoms with Gasteiger partial charge in [-0.2, -0.15) is 0 Å². The van der Waals surface area contributed by atoms with Gasteiger partial charge in [0.05, 0.1) is 5.92 Å². The lowest BCUT2D eigenvalue weighted by Crippen LogP contribution is -2.27. The predicted octanol–water partition coefficient (Wildman–Crippen LogP) is 3.33. The summed E-state index contributed by atoms with van der Waals surface area (Å²) in [6, 6.07) is 7.56. The minimum atomic E-state index is -0.768. The smallest absolute Gasteiger partial charge is 0.309 e. The van der Waals surface area contributed by atoms with Crippen LogP contribution in [0.1, 0.15) is 37.6 Å². The van der Waals surface area contributed by atoms with Gasteiger partial charge < -0.3 is 9.72 Å². The molecule has 0 fully saturated rings. The normalized spacial score (nSPS) is 13.9. The Morgan fingerprint density at radius 1 is 1.25 bits per heavy atom. The lowest BCUT2D eigenvalue weighted by Gasteiger charge is -2.14. The number of carbonyl (C=O) groups excluding carboxylic acids is 2. The number of benzene rings is 1. The molecule has 2 rings (SSSR count). The van der Waals surface area contributed by atoms with E-state index in [2.05, 4.69) is 4.98 Å². The molecule has 1 aromatic carbocycles. The summed E-state index contributed by atoms with van der Waals surface area (Å²) in [4.78, 5) is 27.2. The Bertz CT molecular complexity index is 629. The van der Waals surface area contributed by atoms with Crippen LogP contribution in [-0.2, 0) is 9.53 Å². The number of nitrogens with one attached hydrogen (secondary N) is 1. The average Bonchev–Trinajstić information content (AvgIpc) is 2.89. The lowest BCUT2D eigenvalue weighted by atomic mass is 10.1. The van der Waals surface area contributed by atoms with Crippen LogP contribution in [-0.4, -0.2) is 22.8 Å². The Labute approximate surface area is 118 Å². The molecule has 4 heteroatoms. The van der Waals surface area contributed by atoms with Crippen molar-refractivity contribution in [2.24, 2.45) is 5.92 Å². The summed E-state index contributed by atoms with van der Waals surface area (Å²) >= 11 is 0. The molecule has 0 amide bonds. The van der Waals surface area contributed by atoms with Crippen molar-refractivity contribution in [3.63, 3.8) is 0 Å². The molecule has 0 aliphatic rings. The van der Waals surface area contributed by atoms with Gasteiger partial charge in [-0.15, -0.1) is 0 Å². The fourth-order valence-corrected chi connectivity index (χ4v) is 2.00. The molecule has 1 heterocycles. The zero-order chi connectivity index (χ0) is 14.7. The molecular formula is C16H19NO3. The minimum Gasteiger partial charge on any atom is -0.454 e. The second kappa shape index (κ2) is 5.90. The van der Waals surface area contributed by atoms with Crippen molar-refractivity contribution in [2.75, 3.05) is 0 Å². The van der Waals surface area contributed by atoms with Crippen LogP contribution in [0.25, 0.3) is 10.9 Å². The van der Waals surface area contributed by atoms with Gasteiger partial charge in [0.1, 0.15) is 0 Å². The highest BCUT2D eigenvalue weighted by Crippen LogP contribution is 2.20. The molecule has 0 spiro atoms. The third-order valence-electron chi connectivity index (χ3n) is 3.53. The van der Waals surface area contributed by atoms with Crippen LogP contribution in [0.15, 0.2) is 30.5 Å². The van der Waals surface area contributed by atoms with E-state index in [1.807, 2.05) is 31.2 Å². The second-order valence-corrected chi connectivity index (χ2v) is 5.00. The van der Waals surface area contributed by atoms with Gasteiger partial charge in [0.15, 0.2) is 6.10 Å². The maximum Gasteiger partial charge on any atom is 0.309 e. The third-order valence-corrected chi connectivity index (χ3v) is 3.53. The van der Waals surface area contributed by atoms with Gasteiger partial charge in [-0.1, -0.05) is 32.0 Å². The maximum absolute atomic E-state index is 12.4. The Morgan fingerprint density at radius 2 is 1.95 bits per heavy atom. The van der Waals surface area contributed by atoms with E-state index in [4.69, 9.17) is 4.74 Å². The first kappa shape index (κ1) is 14.3. The Morgan fingerprint density at radius 3 is 2.65 bits per heavy atom. The highest BCUT2D eigenvalue weighted by Gasteiger charge is 2.23. The van der Waals surface area contributed by atoms with E-state index in [9.17, 15) is 9.59 Å². The van der Waals surface area contributed by atoms with Gasteiger partial charge in [0.2, 0.25) is 5.78 Å². The molecule has 106 valence electrons. The van der Waals surface area contributed by atoms with Gasteiger partial charge in [-0.3, -0.25) is 9.59 Å². The molecular weight excluding hydrogens is 254 g/mol. The molecule has 0 bridgehead atoms. The van der Waals surface area contributed by atoms with Crippen molar-refractivity contribution < 1.29 is 14.3 Å². The summed E-state index contributed by atoms with van der Waals surface area (Å²) in [7, 11) is 0.